The van der Waals surface area contributed by atoms with E-state index in [0.717, 1.165) is 29.0 Å². The average Bonchev–Trinajstić information content (AvgIpc) is 2.28. The van der Waals surface area contributed by atoms with E-state index in [9.17, 15) is 0 Å². The van der Waals surface area contributed by atoms with Gasteiger partial charge in [0.1, 0.15) is 12.4 Å². The summed E-state index contributed by atoms with van der Waals surface area (Å²) in [6.45, 7) is 2.39. The summed E-state index contributed by atoms with van der Waals surface area (Å²) in [4.78, 5) is 4.24. The number of aromatic nitrogens is 1. The molecule has 2 heterocycles. The molecule has 3 nitrogen and oxygen atoms in total. The van der Waals surface area contributed by atoms with Crippen molar-refractivity contribution in [1.29, 1.82) is 0 Å². The molecule has 0 saturated carbocycles. The van der Waals surface area contributed by atoms with E-state index in [-0.39, 0.29) is 0 Å². The van der Waals surface area contributed by atoms with Crippen LogP contribution in [0.4, 0.5) is 0 Å². The highest BCUT2D eigenvalue weighted by Gasteiger charge is 2.08. The fourth-order valence-electron chi connectivity index (χ4n) is 1.15. The lowest BCUT2D eigenvalue weighted by Gasteiger charge is -2.04. The van der Waals surface area contributed by atoms with E-state index in [4.69, 9.17) is 4.74 Å². The van der Waals surface area contributed by atoms with Gasteiger partial charge in [-0.1, -0.05) is 0 Å². The van der Waals surface area contributed by atoms with Gasteiger partial charge < -0.3 is 10.1 Å². The molecule has 0 fully saturated rings. The first-order valence-electron chi connectivity index (χ1n) is 3.84. The van der Waals surface area contributed by atoms with Crippen LogP contribution in [0.3, 0.4) is 0 Å². The lowest BCUT2D eigenvalue weighted by Crippen LogP contribution is -2.16. The van der Waals surface area contributed by atoms with Gasteiger partial charge >= 0.3 is 0 Å². The molecule has 0 aliphatic carbocycles. The molecule has 0 atom stereocenters. The Balaban J connectivity index is 2.36. The van der Waals surface area contributed by atoms with Gasteiger partial charge in [0.05, 0.1) is 5.69 Å². The van der Waals surface area contributed by atoms with Crippen LogP contribution in [0.1, 0.15) is 5.69 Å². The SMILES string of the molecule is Brc1cnc2c(c1)OCCNC2. The Hall–Kier alpha value is -0.610. The maximum absolute atomic E-state index is 5.47. The second-order valence-electron chi connectivity index (χ2n) is 2.62. The van der Waals surface area contributed by atoms with Crippen molar-refractivity contribution in [1.82, 2.24) is 10.3 Å². The number of rotatable bonds is 0. The van der Waals surface area contributed by atoms with Crippen LogP contribution in [0.2, 0.25) is 0 Å². The maximum Gasteiger partial charge on any atom is 0.143 e. The van der Waals surface area contributed by atoms with Crippen LogP contribution in [0.15, 0.2) is 16.7 Å². The molecule has 0 saturated heterocycles. The molecule has 0 bridgehead atoms. The predicted octanol–water partition coefficient (Wildman–Crippen LogP) is 1.33. The molecule has 12 heavy (non-hydrogen) atoms. The molecule has 2 rings (SSSR count). The van der Waals surface area contributed by atoms with Crippen LogP contribution in [0.25, 0.3) is 0 Å². The fraction of sp³-hybridized carbons (Fsp3) is 0.375. The first-order chi connectivity index (χ1) is 5.86. The second kappa shape index (κ2) is 3.41. The monoisotopic (exact) mass is 228 g/mol. The highest BCUT2D eigenvalue weighted by atomic mass is 79.9. The Morgan fingerprint density at radius 1 is 1.58 bits per heavy atom. The lowest BCUT2D eigenvalue weighted by molar-refractivity contribution is 0.325. The van der Waals surface area contributed by atoms with Crippen LogP contribution in [0.5, 0.6) is 5.75 Å². The summed E-state index contributed by atoms with van der Waals surface area (Å²) in [7, 11) is 0. The molecule has 1 N–H and O–H groups in total. The maximum atomic E-state index is 5.47. The zero-order valence-corrected chi connectivity index (χ0v) is 8.10. The standard InChI is InChI=1S/C8H9BrN2O/c9-6-3-8-7(11-4-6)5-10-1-2-12-8/h3-4,10H,1-2,5H2. The predicted molar refractivity (Wildman–Crippen MR) is 49.1 cm³/mol. The summed E-state index contributed by atoms with van der Waals surface area (Å²) in [6, 6.07) is 1.95. The molecule has 0 unspecified atom stereocenters. The molecular weight excluding hydrogens is 220 g/mol. The Kier molecular flexibility index (Phi) is 2.28. The number of nitrogens with one attached hydrogen (secondary N) is 1. The molecule has 0 amide bonds. The smallest absolute Gasteiger partial charge is 0.143 e. The van der Waals surface area contributed by atoms with E-state index < -0.39 is 0 Å². The number of halogens is 1. The van der Waals surface area contributed by atoms with Crippen LogP contribution >= 0.6 is 15.9 Å². The van der Waals surface area contributed by atoms with Crippen molar-refractivity contribution in [3.63, 3.8) is 0 Å². The third-order valence-corrected chi connectivity index (χ3v) is 2.16. The third kappa shape index (κ3) is 1.59. The van der Waals surface area contributed by atoms with Crippen molar-refractivity contribution in [2.45, 2.75) is 6.54 Å². The zero-order valence-electron chi connectivity index (χ0n) is 6.51. The Morgan fingerprint density at radius 3 is 3.42 bits per heavy atom. The van der Waals surface area contributed by atoms with Gasteiger partial charge in [-0.15, -0.1) is 0 Å². The highest BCUT2D eigenvalue weighted by Crippen LogP contribution is 2.22. The minimum Gasteiger partial charge on any atom is -0.490 e. The van der Waals surface area contributed by atoms with Gasteiger partial charge in [0.25, 0.3) is 0 Å². The van der Waals surface area contributed by atoms with Gasteiger partial charge in [0, 0.05) is 23.8 Å². The Bertz CT molecular complexity index is 290. The molecule has 1 aromatic rings. The Morgan fingerprint density at radius 2 is 2.50 bits per heavy atom. The Labute approximate surface area is 79.3 Å². The van der Waals surface area contributed by atoms with Crippen molar-refractivity contribution in [2.75, 3.05) is 13.2 Å². The van der Waals surface area contributed by atoms with Crippen molar-refractivity contribution >= 4 is 15.9 Å². The first-order valence-corrected chi connectivity index (χ1v) is 4.63. The lowest BCUT2D eigenvalue weighted by atomic mass is 10.3. The third-order valence-electron chi connectivity index (χ3n) is 1.73. The van der Waals surface area contributed by atoms with Crippen molar-refractivity contribution in [3.8, 4) is 5.75 Å². The number of hydrogen-bond donors (Lipinski definition) is 1. The number of fused-ring (bicyclic) bond motifs is 1. The molecule has 1 aromatic heterocycles. The fourth-order valence-corrected chi connectivity index (χ4v) is 1.46. The van der Waals surface area contributed by atoms with Gasteiger partial charge in [-0.3, -0.25) is 4.98 Å². The van der Waals surface area contributed by atoms with Crippen LogP contribution in [-0.4, -0.2) is 18.1 Å². The second-order valence-corrected chi connectivity index (χ2v) is 3.54. The molecule has 0 aromatic carbocycles. The van der Waals surface area contributed by atoms with Gasteiger partial charge in [0.2, 0.25) is 0 Å². The van der Waals surface area contributed by atoms with Gasteiger partial charge in [0.15, 0.2) is 0 Å². The summed E-state index contributed by atoms with van der Waals surface area (Å²) < 4.78 is 6.44. The molecule has 64 valence electrons. The van der Waals surface area contributed by atoms with E-state index in [2.05, 4.69) is 26.2 Å². The molecule has 0 radical (unpaired) electrons. The highest BCUT2D eigenvalue weighted by molar-refractivity contribution is 9.10. The van der Waals surface area contributed by atoms with Crippen LogP contribution in [-0.2, 0) is 6.54 Å². The van der Waals surface area contributed by atoms with E-state index in [1.54, 1.807) is 6.20 Å². The zero-order chi connectivity index (χ0) is 8.39. The van der Waals surface area contributed by atoms with Crippen molar-refractivity contribution in [2.24, 2.45) is 0 Å². The van der Waals surface area contributed by atoms with Gasteiger partial charge in [-0.25, -0.2) is 0 Å². The van der Waals surface area contributed by atoms with Crippen molar-refractivity contribution in [3.05, 3.63) is 22.4 Å². The van der Waals surface area contributed by atoms with Gasteiger partial charge in [-0.05, 0) is 22.0 Å². The number of hydrogen-bond acceptors (Lipinski definition) is 3. The molecule has 1 aliphatic rings. The minimum absolute atomic E-state index is 0.713. The van der Waals surface area contributed by atoms with Crippen molar-refractivity contribution < 1.29 is 4.74 Å². The summed E-state index contributed by atoms with van der Waals surface area (Å²) in [5.41, 5.74) is 0.982. The summed E-state index contributed by atoms with van der Waals surface area (Å²) in [5.74, 6) is 0.884. The molecular formula is C8H9BrN2O. The van der Waals surface area contributed by atoms with Gasteiger partial charge in [-0.2, -0.15) is 0 Å². The summed E-state index contributed by atoms with van der Waals surface area (Å²) >= 11 is 3.35. The minimum atomic E-state index is 0.713. The van der Waals surface area contributed by atoms with E-state index in [1.165, 1.54) is 0 Å². The molecule has 1 aliphatic heterocycles. The molecule has 0 spiro atoms. The first kappa shape index (κ1) is 8.01. The summed E-state index contributed by atoms with van der Waals surface area (Å²) in [5, 5.41) is 3.22. The van der Waals surface area contributed by atoms with E-state index in [1.807, 2.05) is 6.07 Å². The quantitative estimate of drug-likeness (QED) is 0.728. The van der Waals surface area contributed by atoms with E-state index in [0.29, 0.717) is 6.61 Å². The van der Waals surface area contributed by atoms with Crippen LogP contribution in [0, 0.1) is 0 Å². The topological polar surface area (TPSA) is 34.1 Å². The average molecular weight is 229 g/mol. The largest absolute Gasteiger partial charge is 0.490 e. The number of nitrogens with zero attached hydrogens (tertiary/aromatic N) is 1. The number of ether oxygens (including phenoxy) is 1. The number of pyridine rings is 1. The summed E-state index contributed by atoms with van der Waals surface area (Å²) in [6.07, 6.45) is 1.79. The molecule has 4 heteroatoms. The van der Waals surface area contributed by atoms with Crippen LogP contribution < -0.4 is 10.1 Å². The normalized spacial score (nSPS) is 16.1. The van der Waals surface area contributed by atoms with E-state index >= 15 is 0 Å².